The molecule has 8 heteroatoms. The van der Waals surface area contributed by atoms with Crippen molar-refractivity contribution >= 4 is 17.9 Å². The zero-order chi connectivity index (χ0) is 37.8. The average molecular weight is 717 g/mol. The van der Waals surface area contributed by atoms with Gasteiger partial charge in [-0.05, 0) is 51.4 Å². The van der Waals surface area contributed by atoms with Crippen molar-refractivity contribution in [3.05, 3.63) is 60.8 Å². The number of allylic oxidation sites excluding steroid dienone is 10. The number of carboxylic acid groups (broad SMARTS) is 1. The molecule has 1 N–H and O–H groups in total. The Hall–Kier alpha value is -2.97. The molecular formula is C43H74NO7+. The number of hydrogen-bond donors (Lipinski definition) is 1. The second-order valence-electron chi connectivity index (χ2n) is 14.2. The molecule has 0 aliphatic heterocycles. The number of likely N-dealkylation sites (N-methyl/N-ethyl adjacent to an activating group) is 1. The van der Waals surface area contributed by atoms with Gasteiger partial charge in [-0.15, -0.1) is 0 Å². The normalized spacial score (nSPS) is 13.7. The van der Waals surface area contributed by atoms with Crippen molar-refractivity contribution in [2.45, 2.75) is 154 Å². The van der Waals surface area contributed by atoms with E-state index in [0.29, 0.717) is 19.3 Å². The predicted octanol–water partition coefficient (Wildman–Crippen LogP) is 10.2. The molecule has 51 heavy (non-hydrogen) atoms. The molecule has 0 aliphatic carbocycles. The number of carbonyl (C=O) groups excluding carboxylic acids is 2. The predicted molar refractivity (Wildman–Crippen MR) is 211 cm³/mol. The summed E-state index contributed by atoms with van der Waals surface area (Å²) in [7, 11) is 5.49. The highest BCUT2D eigenvalue weighted by molar-refractivity contribution is 5.72. The molecule has 2 atom stereocenters. The van der Waals surface area contributed by atoms with Gasteiger partial charge in [0.25, 0.3) is 0 Å². The van der Waals surface area contributed by atoms with E-state index < -0.39 is 18.1 Å². The Morgan fingerprint density at radius 3 is 1.61 bits per heavy atom. The van der Waals surface area contributed by atoms with E-state index in [1.54, 1.807) is 0 Å². The van der Waals surface area contributed by atoms with E-state index >= 15 is 0 Å². The van der Waals surface area contributed by atoms with Crippen LogP contribution in [0.15, 0.2) is 60.8 Å². The maximum absolute atomic E-state index is 12.6. The molecule has 8 nitrogen and oxygen atoms in total. The van der Waals surface area contributed by atoms with E-state index in [9.17, 15) is 19.5 Å². The molecule has 0 spiro atoms. The summed E-state index contributed by atoms with van der Waals surface area (Å²) in [6, 6.07) is -0.624. The second-order valence-corrected chi connectivity index (χ2v) is 14.2. The minimum atomic E-state index is -0.887. The Morgan fingerprint density at radius 2 is 1.10 bits per heavy atom. The van der Waals surface area contributed by atoms with Gasteiger partial charge in [0.1, 0.15) is 6.61 Å². The fraction of sp³-hybridized carbons (Fsp3) is 0.698. The fourth-order valence-electron chi connectivity index (χ4n) is 5.36. The molecule has 0 amide bonds. The van der Waals surface area contributed by atoms with Gasteiger partial charge in [0.2, 0.25) is 0 Å². The molecule has 0 aromatic rings. The molecule has 292 valence electrons. The summed E-state index contributed by atoms with van der Waals surface area (Å²) < 4.78 is 17.1. The van der Waals surface area contributed by atoms with Crippen molar-refractivity contribution in [1.29, 1.82) is 0 Å². The Morgan fingerprint density at radius 1 is 0.608 bits per heavy atom. The summed E-state index contributed by atoms with van der Waals surface area (Å²) >= 11 is 0. The van der Waals surface area contributed by atoms with Crippen LogP contribution in [0.4, 0.5) is 0 Å². The smallest absolute Gasteiger partial charge is 0.362 e. The Labute approximate surface area is 311 Å². The highest BCUT2D eigenvalue weighted by atomic mass is 16.6. The summed E-state index contributed by atoms with van der Waals surface area (Å²) in [4.78, 5) is 36.8. The number of carboxylic acids is 1. The second kappa shape index (κ2) is 34.1. The van der Waals surface area contributed by atoms with Gasteiger partial charge in [-0.2, -0.15) is 0 Å². The van der Waals surface area contributed by atoms with Gasteiger partial charge < -0.3 is 23.8 Å². The molecule has 0 rings (SSSR count). The van der Waals surface area contributed by atoms with Crippen LogP contribution in [0.1, 0.15) is 142 Å². The van der Waals surface area contributed by atoms with Crippen molar-refractivity contribution < 1.29 is 38.2 Å². The third-order valence-corrected chi connectivity index (χ3v) is 8.43. The standard InChI is InChI=1S/C43H73NO7/c1-6-8-10-12-14-16-18-19-20-21-22-23-24-26-28-30-32-34-42(46)51-39(37-49-36-35-40(43(47)48)44(3,4)5)38-50-41(45)33-31-29-27-25-17-15-13-11-9-7-2/h8,10,14,16,19-20,22-23,26,28,39-40H,6-7,9,11-13,15,17-18,21,24-25,27,29-38H2,1-5H3/p+1/b10-8-,16-14-,20-19-,23-22-,28-26-. The van der Waals surface area contributed by atoms with Crippen molar-refractivity contribution in [2.24, 2.45) is 0 Å². The zero-order valence-corrected chi connectivity index (χ0v) is 33.0. The van der Waals surface area contributed by atoms with E-state index in [4.69, 9.17) is 14.2 Å². The van der Waals surface area contributed by atoms with Gasteiger partial charge in [-0.3, -0.25) is 9.59 Å². The first-order valence-electron chi connectivity index (χ1n) is 19.8. The molecule has 2 unspecified atom stereocenters. The van der Waals surface area contributed by atoms with Crippen LogP contribution in [-0.4, -0.2) is 80.6 Å². The van der Waals surface area contributed by atoms with Gasteiger partial charge in [0.05, 0.1) is 34.4 Å². The molecule has 0 aromatic heterocycles. The number of hydrogen-bond acceptors (Lipinski definition) is 6. The maximum atomic E-state index is 12.6. The molecule has 0 radical (unpaired) electrons. The molecular weight excluding hydrogens is 642 g/mol. The van der Waals surface area contributed by atoms with Crippen LogP contribution in [0.5, 0.6) is 0 Å². The van der Waals surface area contributed by atoms with E-state index in [1.807, 2.05) is 21.1 Å². The first kappa shape index (κ1) is 48.0. The van der Waals surface area contributed by atoms with E-state index in [-0.39, 0.29) is 42.7 Å². The zero-order valence-electron chi connectivity index (χ0n) is 33.0. The van der Waals surface area contributed by atoms with E-state index in [2.05, 4.69) is 74.6 Å². The van der Waals surface area contributed by atoms with Crippen LogP contribution >= 0.6 is 0 Å². The maximum Gasteiger partial charge on any atom is 0.362 e. The lowest BCUT2D eigenvalue weighted by Gasteiger charge is -2.31. The SMILES string of the molecule is CC/C=C\C/C=C\C/C=C\C/C=C\C/C=C\CCCC(=O)OC(COCCC(C(=O)O)[N+](C)(C)C)COC(=O)CCCCCCCCCCCC. The van der Waals surface area contributed by atoms with Gasteiger partial charge >= 0.3 is 17.9 Å². The number of carbonyl (C=O) groups is 3. The molecule has 0 heterocycles. The van der Waals surface area contributed by atoms with Gasteiger partial charge in [0.15, 0.2) is 12.1 Å². The lowest BCUT2D eigenvalue weighted by atomic mass is 10.1. The highest BCUT2D eigenvalue weighted by Crippen LogP contribution is 2.13. The highest BCUT2D eigenvalue weighted by Gasteiger charge is 2.31. The molecule has 0 saturated carbocycles. The summed E-state index contributed by atoms with van der Waals surface area (Å²) in [5.74, 6) is -1.55. The summed E-state index contributed by atoms with van der Waals surface area (Å²) in [5, 5.41) is 9.58. The number of nitrogens with zero attached hydrogens (tertiary/aromatic N) is 1. The van der Waals surface area contributed by atoms with Crippen LogP contribution in [0.3, 0.4) is 0 Å². The number of esters is 2. The molecule has 0 bridgehead atoms. The number of aliphatic carboxylic acids is 1. The van der Waals surface area contributed by atoms with Crippen LogP contribution in [0.2, 0.25) is 0 Å². The molecule has 0 saturated heterocycles. The average Bonchev–Trinajstić information content (AvgIpc) is 3.08. The first-order chi connectivity index (χ1) is 24.6. The summed E-state index contributed by atoms with van der Waals surface area (Å²) in [6.07, 6.45) is 39.8. The van der Waals surface area contributed by atoms with E-state index in [1.165, 1.54) is 44.9 Å². The first-order valence-corrected chi connectivity index (χ1v) is 19.8. The third kappa shape index (κ3) is 32.7. The van der Waals surface area contributed by atoms with Crippen LogP contribution in [-0.2, 0) is 28.6 Å². The fourth-order valence-corrected chi connectivity index (χ4v) is 5.36. The van der Waals surface area contributed by atoms with Crippen molar-refractivity contribution in [3.8, 4) is 0 Å². The van der Waals surface area contributed by atoms with Gasteiger partial charge in [-0.25, -0.2) is 4.79 Å². The van der Waals surface area contributed by atoms with Crippen molar-refractivity contribution in [3.63, 3.8) is 0 Å². The summed E-state index contributed by atoms with van der Waals surface area (Å²) in [5.41, 5.74) is 0. The van der Waals surface area contributed by atoms with Crippen LogP contribution in [0, 0.1) is 0 Å². The molecule has 0 aliphatic rings. The van der Waals surface area contributed by atoms with Crippen LogP contribution < -0.4 is 0 Å². The molecule has 0 fully saturated rings. The molecule has 0 aromatic carbocycles. The number of quaternary nitrogens is 1. The third-order valence-electron chi connectivity index (χ3n) is 8.43. The quantitative estimate of drug-likeness (QED) is 0.0306. The summed E-state index contributed by atoms with van der Waals surface area (Å²) in [6.45, 7) is 4.53. The largest absolute Gasteiger partial charge is 0.477 e. The van der Waals surface area contributed by atoms with E-state index in [0.717, 1.165) is 57.8 Å². The van der Waals surface area contributed by atoms with Crippen molar-refractivity contribution in [2.75, 3.05) is 41.0 Å². The van der Waals surface area contributed by atoms with Gasteiger partial charge in [0, 0.05) is 19.3 Å². The van der Waals surface area contributed by atoms with Crippen LogP contribution in [0.25, 0.3) is 0 Å². The van der Waals surface area contributed by atoms with Gasteiger partial charge in [-0.1, -0.05) is 132 Å². The topological polar surface area (TPSA) is 99.1 Å². The minimum Gasteiger partial charge on any atom is -0.477 e. The lowest BCUT2D eigenvalue weighted by Crippen LogP contribution is -2.50. The monoisotopic (exact) mass is 717 g/mol. The number of unbranched alkanes of at least 4 members (excludes halogenated alkanes) is 10. The lowest BCUT2D eigenvalue weighted by molar-refractivity contribution is -0.887. The number of rotatable bonds is 34. The van der Waals surface area contributed by atoms with Crippen molar-refractivity contribution in [1.82, 2.24) is 0 Å². The Bertz CT molecular complexity index is 1020. The Balaban J connectivity index is 4.52. The minimum absolute atomic E-state index is 0.0372. The number of ether oxygens (including phenoxy) is 3. The Kier molecular flexibility index (Phi) is 32.1.